The van der Waals surface area contributed by atoms with Crippen LogP contribution in [0.4, 0.5) is 5.69 Å². The summed E-state index contributed by atoms with van der Waals surface area (Å²) in [6.45, 7) is 1.75. The minimum atomic E-state index is -0.801. The predicted molar refractivity (Wildman–Crippen MR) is 65.2 cm³/mol. The molecular formula is C13H13NO4. The molecule has 5 heteroatoms. The summed E-state index contributed by atoms with van der Waals surface area (Å²) in [6, 6.07) is 8.09. The van der Waals surface area contributed by atoms with Crippen LogP contribution in [0.1, 0.15) is 23.0 Å². The van der Waals surface area contributed by atoms with Crippen LogP contribution in [0.3, 0.4) is 0 Å². The van der Waals surface area contributed by atoms with E-state index >= 15 is 0 Å². The van der Waals surface area contributed by atoms with Crippen molar-refractivity contribution in [1.29, 1.82) is 0 Å². The fourth-order valence-corrected chi connectivity index (χ4v) is 1.92. The molecule has 0 amide bonds. The van der Waals surface area contributed by atoms with Crippen molar-refractivity contribution >= 4 is 5.69 Å². The Balaban J connectivity index is 2.25. The van der Waals surface area contributed by atoms with Gasteiger partial charge in [-0.05, 0) is 13.0 Å². The molecule has 1 atom stereocenters. The SMILES string of the molecule is Cc1occc1C(O)Cc1ccccc1[N+](=O)[O-]. The topological polar surface area (TPSA) is 76.5 Å². The molecule has 0 aliphatic heterocycles. The molecular weight excluding hydrogens is 234 g/mol. The molecule has 1 heterocycles. The Morgan fingerprint density at radius 3 is 2.72 bits per heavy atom. The van der Waals surface area contributed by atoms with Crippen molar-refractivity contribution in [3.63, 3.8) is 0 Å². The number of aliphatic hydroxyl groups excluding tert-OH is 1. The summed E-state index contributed by atoms with van der Waals surface area (Å²) in [5.74, 6) is 0.626. The molecule has 0 saturated heterocycles. The number of nitro groups is 1. The summed E-state index contributed by atoms with van der Waals surface area (Å²) in [6.07, 6.45) is 0.884. The first kappa shape index (κ1) is 12.3. The molecule has 0 aliphatic rings. The lowest BCUT2D eigenvalue weighted by Crippen LogP contribution is -2.04. The third-order valence-corrected chi connectivity index (χ3v) is 2.86. The number of hydrogen-bond acceptors (Lipinski definition) is 4. The second-order valence-corrected chi connectivity index (χ2v) is 4.04. The normalized spacial score (nSPS) is 12.3. The molecule has 0 radical (unpaired) electrons. The Morgan fingerprint density at radius 1 is 1.39 bits per heavy atom. The lowest BCUT2D eigenvalue weighted by atomic mass is 10.0. The van der Waals surface area contributed by atoms with Gasteiger partial charge in [0, 0.05) is 23.6 Å². The summed E-state index contributed by atoms with van der Waals surface area (Å²) < 4.78 is 5.11. The standard InChI is InChI=1S/C13H13NO4/c1-9-11(6-7-18-9)13(15)8-10-4-2-3-5-12(10)14(16)17/h2-7,13,15H,8H2,1H3. The van der Waals surface area contributed by atoms with E-state index in [9.17, 15) is 15.2 Å². The van der Waals surface area contributed by atoms with Crippen molar-refractivity contribution in [2.45, 2.75) is 19.4 Å². The van der Waals surface area contributed by atoms with E-state index < -0.39 is 11.0 Å². The van der Waals surface area contributed by atoms with Gasteiger partial charge in [-0.3, -0.25) is 10.1 Å². The number of para-hydroxylation sites is 1. The van der Waals surface area contributed by atoms with Crippen LogP contribution in [-0.4, -0.2) is 10.0 Å². The summed E-state index contributed by atoms with van der Waals surface area (Å²) in [7, 11) is 0. The smallest absolute Gasteiger partial charge is 0.272 e. The number of furan rings is 1. The molecule has 0 aliphatic carbocycles. The zero-order chi connectivity index (χ0) is 13.1. The number of aliphatic hydroxyl groups is 1. The number of nitro benzene ring substituents is 1. The molecule has 0 fully saturated rings. The molecule has 0 bridgehead atoms. The fraction of sp³-hybridized carbons (Fsp3) is 0.231. The maximum absolute atomic E-state index is 10.9. The van der Waals surface area contributed by atoms with Crippen molar-refractivity contribution in [2.75, 3.05) is 0 Å². The Bertz CT molecular complexity index is 562. The Kier molecular flexibility index (Phi) is 3.43. The largest absolute Gasteiger partial charge is 0.469 e. The molecule has 94 valence electrons. The van der Waals surface area contributed by atoms with Crippen molar-refractivity contribution in [1.82, 2.24) is 0 Å². The van der Waals surface area contributed by atoms with Crippen LogP contribution in [0.15, 0.2) is 41.0 Å². The van der Waals surface area contributed by atoms with Crippen LogP contribution in [0.2, 0.25) is 0 Å². The molecule has 2 rings (SSSR count). The van der Waals surface area contributed by atoms with E-state index in [-0.39, 0.29) is 12.1 Å². The highest BCUT2D eigenvalue weighted by atomic mass is 16.6. The second kappa shape index (κ2) is 5.01. The predicted octanol–water partition coefficient (Wildman–Crippen LogP) is 2.77. The molecule has 1 aromatic heterocycles. The number of benzene rings is 1. The summed E-state index contributed by atoms with van der Waals surface area (Å²) in [5, 5.41) is 20.9. The van der Waals surface area contributed by atoms with Gasteiger partial charge in [-0.15, -0.1) is 0 Å². The molecule has 1 unspecified atom stereocenters. The monoisotopic (exact) mass is 247 g/mol. The maximum atomic E-state index is 10.9. The molecule has 2 aromatic rings. The number of rotatable bonds is 4. The first-order chi connectivity index (χ1) is 8.59. The number of nitrogens with zero attached hydrogens (tertiary/aromatic N) is 1. The van der Waals surface area contributed by atoms with Gasteiger partial charge in [0.1, 0.15) is 5.76 Å². The van der Waals surface area contributed by atoms with E-state index in [4.69, 9.17) is 4.42 Å². The van der Waals surface area contributed by atoms with Crippen molar-refractivity contribution in [2.24, 2.45) is 0 Å². The van der Waals surface area contributed by atoms with Crippen molar-refractivity contribution < 1.29 is 14.4 Å². The van der Waals surface area contributed by atoms with E-state index in [1.807, 2.05) is 0 Å². The van der Waals surface area contributed by atoms with Gasteiger partial charge >= 0.3 is 0 Å². The van der Waals surface area contributed by atoms with Crippen LogP contribution >= 0.6 is 0 Å². The highest BCUT2D eigenvalue weighted by molar-refractivity contribution is 5.40. The van der Waals surface area contributed by atoms with Gasteiger partial charge < -0.3 is 9.52 Å². The van der Waals surface area contributed by atoms with Crippen molar-refractivity contribution in [3.05, 3.63) is 63.6 Å². The number of aryl methyl sites for hydroxylation is 1. The van der Waals surface area contributed by atoms with E-state index in [1.54, 1.807) is 31.2 Å². The second-order valence-electron chi connectivity index (χ2n) is 4.04. The van der Waals surface area contributed by atoms with Crippen LogP contribution in [0.25, 0.3) is 0 Å². The van der Waals surface area contributed by atoms with Gasteiger partial charge in [-0.25, -0.2) is 0 Å². The Labute approximate surface area is 104 Å². The van der Waals surface area contributed by atoms with E-state index in [2.05, 4.69) is 0 Å². The third kappa shape index (κ3) is 2.41. The van der Waals surface area contributed by atoms with Gasteiger partial charge in [-0.2, -0.15) is 0 Å². The van der Waals surface area contributed by atoms with Crippen LogP contribution < -0.4 is 0 Å². The summed E-state index contributed by atoms with van der Waals surface area (Å²) >= 11 is 0. The van der Waals surface area contributed by atoms with Crippen LogP contribution in [0, 0.1) is 17.0 Å². The molecule has 5 nitrogen and oxygen atoms in total. The summed E-state index contributed by atoms with van der Waals surface area (Å²) in [5.41, 5.74) is 1.20. The van der Waals surface area contributed by atoms with Crippen LogP contribution in [-0.2, 0) is 6.42 Å². The van der Waals surface area contributed by atoms with E-state index in [0.29, 0.717) is 16.9 Å². The minimum Gasteiger partial charge on any atom is -0.469 e. The zero-order valence-electron chi connectivity index (χ0n) is 9.87. The van der Waals surface area contributed by atoms with Crippen LogP contribution in [0.5, 0.6) is 0 Å². The quantitative estimate of drug-likeness (QED) is 0.665. The number of hydrogen-bond donors (Lipinski definition) is 1. The zero-order valence-corrected chi connectivity index (χ0v) is 9.87. The third-order valence-electron chi connectivity index (χ3n) is 2.86. The lowest BCUT2D eigenvalue weighted by molar-refractivity contribution is -0.385. The highest BCUT2D eigenvalue weighted by Crippen LogP contribution is 2.26. The fourth-order valence-electron chi connectivity index (χ4n) is 1.92. The van der Waals surface area contributed by atoms with Crippen molar-refractivity contribution in [3.8, 4) is 0 Å². The maximum Gasteiger partial charge on any atom is 0.272 e. The summed E-state index contributed by atoms with van der Waals surface area (Å²) in [4.78, 5) is 10.4. The van der Waals surface area contributed by atoms with Gasteiger partial charge in [0.05, 0.1) is 17.3 Å². The van der Waals surface area contributed by atoms with Gasteiger partial charge in [-0.1, -0.05) is 18.2 Å². The average Bonchev–Trinajstić information content (AvgIpc) is 2.76. The van der Waals surface area contributed by atoms with E-state index in [1.165, 1.54) is 12.3 Å². The highest BCUT2D eigenvalue weighted by Gasteiger charge is 2.19. The molecule has 18 heavy (non-hydrogen) atoms. The first-order valence-electron chi connectivity index (χ1n) is 5.54. The van der Waals surface area contributed by atoms with Gasteiger partial charge in [0.15, 0.2) is 0 Å². The first-order valence-corrected chi connectivity index (χ1v) is 5.54. The molecule has 1 aromatic carbocycles. The molecule has 1 N–H and O–H groups in total. The van der Waals surface area contributed by atoms with E-state index in [0.717, 1.165) is 0 Å². The van der Waals surface area contributed by atoms with Gasteiger partial charge in [0.2, 0.25) is 0 Å². The Hall–Kier alpha value is -2.14. The van der Waals surface area contributed by atoms with Gasteiger partial charge in [0.25, 0.3) is 5.69 Å². The molecule has 0 saturated carbocycles. The Morgan fingerprint density at radius 2 is 2.11 bits per heavy atom. The minimum absolute atomic E-state index is 0.0256. The average molecular weight is 247 g/mol. The lowest BCUT2D eigenvalue weighted by Gasteiger charge is -2.09. The molecule has 0 spiro atoms.